The lowest BCUT2D eigenvalue weighted by Gasteiger charge is -2.16. The Morgan fingerprint density at radius 1 is 0.607 bits per heavy atom. The highest BCUT2D eigenvalue weighted by atomic mass is 16.3. The van der Waals surface area contributed by atoms with Gasteiger partial charge in [-0.15, -0.1) is 0 Å². The Kier molecular flexibility index (Phi) is 5.77. The van der Waals surface area contributed by atoms with Crippen molar-refractivity contribution in [2.75, 3.05) is 0 Å². The molecule has 28 heavy (non-hydrogen) atoms. The average molecular weight is 382 g/mol. The van der Waals surface area contributed by atoms with Crippen molar-refractivity contribution in [3.63, 3.8) is 0 Å². The summed E-state index contributed by atoms with van der Waals surface area (Å²) in [5.74, 6) is -2.68. The Bertz CT molecular complexity index is 940. The summed E-state index contributed by atoms with van der Waals surface area (Å²) in [7, 11) is 0. The molecule has 0 atom stereocenters. The van der Waals surface area contributed by atoms with E-state index in [0.29, 0.717) is 0 Å². The van der Waals surface area contributed by atoms with Crippen molar-refractivity contribution in [3.8, 4) is 0 Å². The third-order valence-electron chi connectivity index (χ3n) is 4.11. The summed E-state index contributed by atoms with van der Waals surface area (Å²) in [5, 5.41) is 19.6. The molecule has 2 aromatic carbocycles. The molecule has 0 bridgehead atoms. The minimum Gasteiger partial charge on any atom is -0.382 e. The Labute approximate surface area is 162 Å². The van der Waals surface area contributed by atoms with Gasteiger partial charge >= 0.3 is 0 Å². The van der Waals surface area contributed by atoms with E-state index >= 15 is 0 Å². The van der Waals surface area contributed by atoms with Gasteiger partial charge in [0.2, 0.25) is 11.6 Å². The fourth-order valence-electron chi connectivity index (χ4n) is 2.54. The van der Waals surface area contributed by atoms with Crippen LogP contribution in [-0.2, 0) is 0 Å². The molecular weight excluding hydrogens is 360 g/mol. The van der Waals surface area contributed by atoms with Gasteiger partial charge < -0.3 is 10.2 Å². The van der Waals surface area contributed by atoms with Crippen molar-refractivity contribution in [3.05, 3.63) is 70.8 Å². The molecule has 0 aromatic heterocycles. The third-order valence-corrected chi connectivity index (χ3v) is 4.11. The van der Waals surface area contributed by atoms with Crippen LogP contribution in [0.3, 0.4) is 0 Å². The molecule has 0 aliphatic carbocycles. The summed E-state index contributed by atoms with van der Waals surface area (Å²) in [6.07, 6.45) is 0. The zero-order chi connectivity index (χ0) is 21.3. The first-order valence-corrected chi connectivity index (χ1v) is 8.66. The quantitative estimate of drug-likeness (QED) is 0.563. The predicted octanol–water partition coefficient (Wildman–Crippen LogP) is 2.66. The standard InChI is InChI=1S/C22H22O6/c1-21(2,27)19(25)14-10-8-13(9-11-14)17(23)18(24)15-6-5-7-16(12-15)20(26)22(3,4)28/h5-12,27-28H,1-4H3. The second-order valence-electron chi connectivity index (χ2n) is 7.59. The van der Waals surface area contributed by atoms with Crippen LogP contribution in [-0.4, -0.2) is 44.5 Å². The van der Waals surface area contributed by atoms with Crippen molar-refractivity contribution in [2.24, 2.45) is 0 Å². The van der Waals surface area contributed by atoms with Crippen molar-refractivity contribution >= 4 is 23.1 Å². The molecular formula is C22H22O6. The number of carbonyl (C=O) groups excluding carboxylic acids is 4. The van der Waals surface area contributed by atoms with Gasteiger partial charge in [0, 0.05) is 22.3 Å². The smallest absolute Gasteiger partial charge is 0.233 e. The number of aliphatic hydroxyl groups is 2. The molecule has 0 saturated carbocycles. The zero-order valence-electron chi connectivity index (χ0n) is 16.1. The lowest BCUT2D eigenvalue weighted by Crippen LogP contribution is -2.31. The molecule has 0 radical (unpaired) electrons. The molecule has 0 aliphatic rings. The highest BCUT2D eigenvalue weighted by Gasteiger charge is 2.28. The minimum absolute atomic E-state index is 0.0248. The Hall–Kier alpha value is -2.96. The summed E-state index contributed by atoms with van der Waals surface area (Å²) in [5.41, 5.74) is -2.71. The molecule has 2 rings (SSSR count). The Morgan fingerprint density at radius 3 is 1.50 bits per heavy atom. The molecule has 6 nitrogen and oxygen atoms in total. The monoisotopic (exact) mass is 382 g/mol. The van der Waals surface area contributed by atoms with Crippen molar-refractivity contribution < 1.29 is 29.4 Å². The predicted molar refractivity (Wildman–Crippen MR) is 103 cm³/mol. The summed E-state index contributed by atoms with van der Waals surface area (Å²) >= 11 is 0. The van der Waals surface area contributed by atoms with E-state index in [9.17, 15) is 29.4 Å². The first-order valence-electron chi connectivity index (χ1n) is 8.66. The SMILES string of the molecule is CC(C)(O)C(=O)c1ccc(C(=O)C(=O)c2cccc(C(=O)C(C)(C)O)c2)cc1. The van der Waals surface area contributed by atoms with Gasteiger partial charge in [0.15, 0.2) is 11.6 Å². The summed E-state index contributed by atoms with van der Waals surface area (Å²) in [6.45, 7) is 5.40. The van der Waals surface area contributed by atoms with E-state index in [4.69, 9.17) is 0 Å². The van der Waals surface area contributed by atoms with Crippen LogP contribution in [0.1, 0.15) is 69.1 Å². The lowest BCUT2D eigenvalue weighted by molar-refractivity contribution is 0.0487. The number of hydrogen-bond acceptors (Lipinski definition) is 6. The summed E-state index contributed by atoms with van der Waals surface area (Å²) < 4.78 is 0. The maximum Gasteiger partial charge on any atom is 0.233 e. The number of hydrogen-bond donors (Lipinski definition) is 2. The summed E-state index contributed by atoms with van der Waals surface area (Å²) in [6, 6.07) is 11.0. The fourth-order valence-corrected chi connectivity index (χ4v) is 2.54. The minimum atomic E-state index is -1.60. The molecule has 0 saturated heterocycles. The number of ketones is 4. The fraction of sp³-hybridized carbons (Fsp3) is 0.273. The van der Waals surface area contributed by atoms with Crippen molar-refractivity contribution in [1.82, 2.24) is 0 Å². The van der Waals surface area contributed by atoms with E-state index in [1.165, 1.54) is 76.2 Å². The van der Waals surface area contributed by atoms with Gasteiger partial charge in [0.25, 0.3) is 0 Å². The van der Waals surface area contributed by atoms with Crippen LogP contribution in [0, 0.1) is 0 Å². The number of benzene rings is 2. The third kappa shape index (κ3) is 4.65. The first-order chi connectivity index (χ1) is 12.8. The van der Waals surface area contributed by atoms with E-state index in [1.807, 2.05) is 0 Å². The van der Waals surface area contributed by atoms with Crippen LogP contribution in [0.4, 0.5) is 0 Å². The van der Waals surface area contributed by atoms with Crippen LogP contribution < -0.4 is 0 Å². The van der Waals surface area contributed by atoms with E-state index in [2.05, 4.69) is 0 Å². The normalized spacial score (nSPS) is 11.8. The highest BCUT2D eigenvalue weighted by molar-refractivity contribution is 6.49. The molecule has 0 heterocycles. The van der Waals surface area contributed by atoms with Crippen molar-refractivity contribution in [1.29, 1.82) is 0 Å². The largest absolute Gasteiger partial charge is 0.382 e. The van der Waals surface area contributed by atoms with Crippen molar-refractivity contribution in [2.45, 2.75) is 38.9 Å². The molecule has 0 aliphatic heterocycles. The molecule has 146 valence electrons. The Balaban J connectivity index is 2.27. The van der Waals surface area contributed by atoms with Gasteiger partial charge in [0.1, 0.15) is 11.2 Å². The zero-order valence-corrected chi connectivity index (χ0v) is 16.1. The van der Waals surface area contributed by atoms with Crippen LogP contribution in [0.5, 0.6) is 0 Å². The van der Waals surface area contributed by atoms with Crippen LogP contribution in [0.25, 0.3) is 0 Å². The number of rotatable bonds is 7. The molecule has 6 heteroatoms. The van der Waals surface area contributed by atoms with Gasteiger partial charge in [0.05, 0.1) is 0 Å². The topological polar surface area (TPSA) is 109 Å². The van der Waals surface area contributed by atoms with Gasteiger partial charge in [-0.2, -0.15) is 0 Å². The van der Waals surface area contributed by atoms with E-state index in [-0.39, 0.29) is 22.3 Å². The number of Topliss-reactive ketones (excluding diaryl/α,β-unsaturated/α-hetero) is 4. The van der Waals surface area contributed by atoms with E-state index in [0.717, 1.165) is 0 Å². The maximum atomic E-state index is 12.5. The molecule has 2 aromatic rings. The first kappa shape index (κ1) is 21.3. The molecule has 0 unspecified atom stereocenters. The van der Waals surface area contributed by atoms with Gasteiger partial charge in [-0.1, -0.05) is 42.5 Å². The van der Waals surface area contributed by atoms with Crippen LogP contribution >= 0.6 is 0 Å². The Morgan fingerprint density at radius 2 is 1.00 bits per heavy atom. The summed E-state index contributed by atoms with van der Waals surface area (Å²) in [4.78, 5) is 49.2. The molecule has 0 amide bonds. The molecule has 0 fully saturated rings. The lowest BCUT2D eigenvalue weighted by atomic mass is 9.92. The highest BCUT2D eigenvalue weighted by Crippen LogP contribution is 2.17. The van der Waals surface area contributed by atoms with Gasteiger partial charge in [-0.25, -0.2) is 0 Å². The van der Waals surface area contributed by atoms with E-state index in [1.54, 1.807) is 0 Å². The van der Waals surface area contributed by atoms with Crippen LogP contribution in [0.2, 0.25) is 0 Å². The molecule has 2 N–H and O–H groups in total. The number of carbonyl (C=O) groups is 4. The average Bonchev–Trinajstić information content (AvgIpc) is 2.64. The van der Waals surface area contributed by atoms with Gasteiger partial charge in [-0.3, -0.25) is 19.2 Å². The van der Waals surface area contributed by atoms with E-state index < -0.39 is 34.3 Å². The van der Waals surface area contributed by atoms with Crippen LogP contribution in [0.15, 0.2) is 48.5 Å². The second kappa shape index (κ2) is 7.58. The molecule has 0 spiro atoms. The maximum absolute atomic E-state index is 12.5. The second-order valence-corrected chi connectivity index (χ2v) is 7.59. The van der Waals surface area contributed by atoms with Gasteiger partial charge in [-0.05, 0) is 33.8 Å².